The first-order chi connectivity index (χ1) is 9.94. The van der Waals surface area contributed by atoms with Crippen molar-refractivity contribution in [3.05, 3.63) is 5.82 Å². The second-order valence-corrected chi connectivity index (χ2v) is 7.14. The molecule has 0 spiro atoms. The van der Waals surface area contributed by atoms with Crippen LogP contribution in [0.3, 0.4) is 0 Å². The van der Waals surface area contributed by atoms with Gasteiger partial charge in [-0.3, -0.25) is 4.90 Å². The zero-order valence-electron chi connectivity index (χ0n) is 14.1. The van der Waals surface area contributed by atoms with Gasteiger partial charge in [-0.2, -0.15) is 4.80 Å². The van der Waals surface area contributed by atoms with E-state index in [1.54, 1.807) is 4.80 Å². The lowest BCUT2D eigenvalue weighted by molar-refractivity contribution is 0.0970. The molecular formula is C15H30N6. The highest BCUT2D eigenvalue weighted by atomic mass is 15.6. The van der Waals surface area contributed by atoms with E-state index in [1.807, 2.05) is 7.05 Å². The average Bonchev–Trinajstić information content (AvgIpc) is 2.77. The summed E-state index contributed by atoms with van der Waals surface area (Å²) in [6, 6.07) is 1.14. The molecule has 0 saturated carbocycles. The molecule has 0 radical (unpaired) electrons. The smallest absolute Gasteiger partial charge is 0.188 e. The highest BCUT2D eigenvalue weighted by molar-refractivity contribution is 4.90. The van der Waals surface area contributed by atoms with Gasteiger partial charge in [-0.15, -0.1) is 10.2 Å². The third kappa shape index (κ3) is 5.04. The van der Waals surface area contributed by atoms with Gasteiger partial charge in [0.05, 0.1) is 13.6 Å². The summed E-state index contributed by atoms with van der Waals surface area (Å²) in [6.07, 6.45) is 2.43. The van der Waals surface area contributed by atoms with Crippen LogP contribution in [-0.4, -0.2) is 50.3 Å². The molecule has 1 fully saturated rings. The van der Waals surface area contributed by atoms with E-state index in [0.717, 1.165) is 31.4 Å². The van der Waals surface area contributed by atoms with Gasteiger partial charge in [-0.1, -0.05) is 27.7 Å². The molecule has 21 heavy (non-hydrogen) atoms. The Morgan fingerprint density at radius 3 is 2.48 bits per heavy atom. The molecule has 1 aliphatic heterocycles. The van der Waals surface area contributed by atoms with Crippen LogP contribution in [0.4, 0.5) is 0 Å². The van der Waals surface area contributed by atoms with Crippen molar-refractivity contribution in [1.82, 2.24) is 30.4 Å². The van der Waals surface area contributed by atoms with E-state index in [4.69, 9.17) is 0 Å². The number of rotatable bonds is 6. The number of aryl methyl sites for hydroxylation is 1. The van der Waals surface area contributed by atoms with E-state index in [9.17, 15) is 0 Å². The molecule has 0 aromatic carbocycles. The third-order valence-electron chi connectivity index (χ3n) is 4.01. The summed E-state index contributed by atoms with van der Waals surface area (Å²) in [5, 5.41) is 16.2. The number of tetrazole rings is 1. The van der Waals surface area contributed by atoms with Gasteiger partial charge in [-0.25, -0.2) is 0 Å². The van der Waals surface area contributed by atoms with Gasteiger partial charge >= 0.3 is 0 Å². The van der Waals surface area contributed by atoms with Crippen molar-refractivity contribution in [2.24, 2.45) is 18.9 Å². The van der Waals surface area contributed by atoms with Gasteiger partial charge in [0.2, 0.25) is 0 Å². The first-order valence-electron chi connectivity index (χ1n) is 8.14. The molecule has 1 aromatic rings. The van der Waals surface area contributed by atoms with Crippen LogP contribution in [0.2, 0.25) is 0 Å². The Bertz CT molecular complexity index is 428. The van der Waals surface area contributed by atoms with Crippen LogP contribution in [0.1, 0.15) is 46.4 Å². The molecule has 2 heterocycles. The van der Waals surface area contributed by atoms with E-state index in [2.05, 4.69) is 53.3 Å². The van der Waals surface area contributed by atoms with Crippen LogP contribution in [0.15, 0.2) is 0 Å². The largest absolute Gasteiger partial charge is 0.311 e. The van der Waals surface area contributed by atoms with Crippen LogP contribution in [0.25, 0.3) is 0 Å². The van der Waals surface area contributed by atoms with Crippen molar-refractivity contribution >= 4 is 0 Å². The van der Waals surface area contributed by atoms with Crippen molar-refractivity contribution in [3.8, 4) is 0 Å². The molecule has 6 nitrogen and oxygen atoms in total. The minimum atomic E-state index is 0.567. The van der Waals surface area contributed by atoms with E-state index in [0.29, 0.717) is 18.0 Å². The van der Waals surface area contributed by atoms with E-state index >= 15 is 0 Å². The molecule has 2 unspecified atom stereocenters. The summed E-state index contributed by atoms with van der Waals surface area (Å²) >= 11 is 0. The number of piperazine rings is 1. The highest BCUT2D eigenvalue weighted by Crippen LogP contribution is 2.19. The van der Waals surface area contributed by atoms with Crippen LogP contribution < -0.4 is 5.32 Å². The van der Waals surface area contributed by atoms with E-state index in [-0.39, 0.29) is 0 Å². The van der Waals surface area contributed by atoms with Crippen molar-refractivity contribution in [2.75, 3.05) is 13.1 Å². The van der Waals surface area contributed by atoms with Crippen molar-refractivity contribution in [1.29, 1.82) is 0 Å². The number of hydrogen-bond donors (Lipinski definition) is 1. The van der Waals surface area contributed by atoms with Crippen molar-refractivity contribution < 1.29 is 0 Å². The third-order valence-corrected chi connectivity index (χ3v) is 4.01. The Kier molecular flexibility index (Phi) is 5.70. The number of nitrogens with zero attached hydrogens (tertiary/aromatic N) is 5. The second-order valence-electron chi connectivity index (χ2n) is 7.14. The van der Waals surface area contributed by atoms with Gasteiger partial charge in [-0.05, 0) is 29.9 Å². The summed E-state index contributed by atoms with van der Waals surface area (Å²) in [4.78, 5) is 4.08. The maximum Gasteiger partial charge on any atom is 0.188 e. The zero-order valence-corrected chi connectivity index (χ0v) is 14.1. The standard InChI is InChI=1S/C15H30N6/c1-11(2)6-13-9-21(10-15-17-19-20(5)18-15)14(8-16-13)7-12(3)4/h11-14,16H,6-10H2,1-5H3. The van der Waals surface area contributed by atoms with Crippen molar-refractivity contribution in [2.45, 2.75) is 59.2 Å². The Labute approximate surface area is 128 Å². The van der Waals surface area contributed by atoms with Gasteiger partial charge in [0.25, 0.3) is 0 Å². The van der Waals surface area contributed by atoms with Crippen molar-refractivity contribution in [3.63, 3.8) is 0 Å². The average molecular weight is 294 g/mol. The number of hydrogen-bond acceptors (Lipinski definition) is 5. The summed E-state index contributed by atoms with van der Waals surface area (Å²) in [5.41, 5.74) is 0. The molecular weight excluding hydrogens is 264 g/mol. The fourth-order valence-corrected chi connectivity index (χ4v) is 3.19. The van der Waals surface area contributed by atoms with Crippen LogP contribution >= 0.6 is 0 Å². The molecule has 2 rings (SSSR count). The Hall–Kier alpha value is -1.01. The molecule has 1 aromatic heterocycles. The monoisotopic (exact) mass is 294 g/mol. The molecule has 6 heteroatoms. The predicted molar refractivity (Wildman–Crippen MR) is 83.7 cm³/mol. The molecule has 0 amide bonds. The summed E-state index contributed by atoms with van der Waals surface area (Å²) in [6.45, 7) is 12.1. The number of aromatic nitrogens is 4. The molecule has 2 atom stereocenters. The van der Waals surface area contributed by atoms with Crippen LogP contribution in [0, 0.1) is 11.8 Å². The predicted octanol–water partition coefficient (Wildman–Crippen LogP) is 1.44. The molecule has 0 aliphatic carbocycles. The second kappa shape index (κ2) is 7.31. The highest BCUT2D eigenvalue weighted by Gasteiger charge is 2.29. The molecule has 0 bridgehead atoms. The Morgan fingerprint density at radius 1 is 1.19 bits per heavy atom. The lowest BCUT2D eigenvalue weighted by Gasteiger charge is -2.41. The minimum absolute atomic E-state index is 0.567. The van der Waals surface area contributed by atoms with Gasteiger partial charge in [0, 0.05) is 25.2 Å². The Morgan fingerprint density at radius 2 is 1.90 bits per heavy atom. The van der Waals surface area contributed by atoms with E-state index in [1.165, 1.54) is 12.8 Å². The molecule has 1 aliphatic rings. The quantitative estimate of drug-likeness (QED) is 0.860. The maximum atomic E-state index is 4.34. The summed E-state index contributed by atoms with van der Waals surface area (Å²) < 4.78 is 0. The van der Waals surface area contributed by atoms with Crippen LogP contribution in [0.5, 0.6) is 0 Å². The van der Waals surface area contributed by atoms with Crippen LogP contribution in [-0.2, 0) is 13.6 Å². The molecule has 1 N–H and O–H groups in total. The van der Waals surface area contributed by atoms with Gasteiger partial charge in [0.1, 0.15) is 0 Å². The Balaban J connectivity index is 2.01. The normalized spacial score (nSPS) is 24.1. The fourth-order valence-electron chi connectivity index (χ4n) is 3.19. The lowest BCUT2D eigenvalue weighted by atomic mass is 9.95. The topological polar surface area (TPSA) is 58.9 Å². The minimum Gasteiger partial charge on any atom is -0.311 e. The lowest BCUT2D eigenvalue weighted by Crippen LogP contribution is -2.56. The zero-order chi connectivity index (χ0) is 15.4. The molecule has 120 valence electrons. The maximum absolute atomic E-state index is 4.34. The van der Waals surface area contributed by atoms with Gasteiger partial charge < -0.3 is 5.32 Å². The van der Waals surface area contributed by atoms with E-state index < -0.39 is 0 Å². The fraction of sp³-hybridized carbons (Fsp3) is 0.933. The first kappa shape index (κ1) is 16.4. The summed E-state index contributed by atoms with van der Waals surface area (Å²) in [5.74, 6) is 2.26. The summed E-state index contributed by atoms with van der Waals surface area (Å²) in [7, 11) is 1.82. The molecule has 1 saturated heterocycles. The SMILES string of the molecule is CC(C)CC1CN(Cc2nnn(C)n2)C(CC(C)C)CN1. The number of nitrogens with one attached hydrogen (secondary N) is 1. The van der Waals surface area contributed by atoms with Gasteiger partial charge in [0.15, 0.2) is 5.82 Å². The first-order valence-corrected chi connectivity index (χ1v) is 8.14.